The van der Waals surface area contributed by atoms with Gasteiger partial charge < -0.3 is 4.40 Å². The van der Waals surface area contributed by atoms with Gasteiger partial charge in [-0.2, -0.15) is 0 Å². The van der Waals surface area contributed by atoms with Crippen LogP contribution in [-0.2, 0) is 0 Å². The van der Waals surface area contributed by atoms with Crippen LogP contribution in [0.1, 0.15) is 11.3 Å². The third-order valence-electron chi connectivity index (χ3n) is 3.93. The molecule has 0 aromatic carbocycles. The van der Waals surface area contributed by atoms with Gasteiger partial charge in [-0.25, -0.2) is 4.98 Å². The quantitative estimate of drug-likeness (QED) is 0.440. The van der Waals surface area contributed by atoms with Crippen molar-refractivity contribution in [3.05, 3.63) is 42.0 Å². The molecule has 5 heterocycles. The first kappa shape index (κ1) is 11.2. The summed E-state index contributed by atoms with van der Waals surface area (Å²) in [6, 6.07) is 6.26. The third-order valence-corrected chi connectivity index (χ3v) is 5.00. The zero-order valence-corrected chi connectivity index (χ0v) is 12.3. The maximum absolute atomic E-state index is 4.71. The molecule has 5 rings (SSSR count). The molecule has 6 heteroatoms. The average molecular weight is 293 g/mol. The van der Waals surface area contributed by atoms with E-state index in [2.05, 4.69) is 44.3 Å². The lowest BCUT2D eigenvalue weighted by atomic mass is 10.1. The number of hydrogen-bond acceptors (Lipinski definition) is 4. The summed E-state index contributed by atoms with van der Waals surface area (Å²) in [6.07, 6.45) is 3.86. The van der Waals surface area contributed by atoms with Crippen LogP contribution in [0.4, 0.5) is 0 Å². The van der Waals surface area contributed by atoms with Gasteiger partial charge in [0.2, 0.25) is 0 Å². The molecule has 0 bridgehead atoms. The summed E-state index contributed by atoms with van der Waals surface area (Å²) in [5, 5.41) is 9.55. The summed E-state index contributed by atoms with van der Waals surface area (Å²) >= 11 is 1.69. The lowest BCUT2D eigenvalue weighted by Gasteiger charge is -2.04. The Balaban J connectivity index is 2.24. The van der Waals surface area contributed by atoms with Crippen LogP contribution >= 0.6 is 11.3 Å². The molecule has 0 saturated heterocycles. The Bertz CT molecular complexity index is 1160. The standard InChI is InChI=1S/C15H11N5S/c1-8-6-9(2)17-14-11(8)12-15(21-14)20-7-16-18-13(20)10-4-3-5-19(10)12/h3-7H,1-2H3. The van der Waals surface area contributed by atoms with Crippen molar-refractivity contribution < 1.29 is 0 Å². The van der Waals surface area contributed by atoms with Crippen molar-refractivity contribution in [1.29, 1.82) is 0 Å². The second kappa shape index (κ2) is 3.59. The minimum atomic E-state index is 0.883. The molecule has 102 valence electrons. The zero-order valence-electron chi connectivity index (χ0n) is 11.5. The van der Waals surface area contributed by atoms with E-state index in [1.807, 2.05) is 13.0 Å². The van der Waals surface area contributed by atoms with Gasteiger partial charge in [0.15, 0.2) is 5.65 Å². The second-order valence-electron chi connectivity index (χ2n) is 5.30. The lowest BCUT2D eigenvalue weighted by molar-refractivity contribution is 1.11. The lowest BCUT2D eigenvalue weighted by Crippen LogP contribution is -1.93. The Kier molecular flexibility index (Phi) is 1.92. The van der Waals surface area contributed by atoms with Gasteiger partial charge in [0.05, 0.1) is 11.0 Å². The Hall–Kier alpha value is -2.47. The Morgan fingerprint density at radius 2 is 2.10 bits per heavy atom. The maximum atomic E-state index is 4.71. The van der Waals surface area contributed by atoms with Gasteiger partial charge >= 0.3 is 0 Å². The molecule has 0 aliphatic heterocycles. The average Bonchev–Trinajstić information content (AvgIpc) is 3.13. The predicted molar refractivity (Wildman–Crippen MR) is 84.1 cm³/mol. The first-order valence-electron chi connectivity index (χ1n) is 6.73. The van der Waals surface area contributed by atoms with Crippen molar-refractivity contribution in [2.24, 2.45) is 0 Å². The highest BCUT2D eigenvalue weighted by molar-refractivity contribution is 7.25. The first-order chi connectivity index (χ1) is 10.2. The summed E-state index contributed by atoms with van der Waals surface area (Å²) in [4.78, 5) is 6.91. The fourth-order valence-electron chi connectivity index (χ4n) is 3.11. The third kappa shape index (κ3) is 1.28. The van der Waals surface area contributed by atoms with Crippen molar-refractivity contribution in [2.75, 3.05) is 0 Å². The molecule has 5 aromatic rings. The van der Waals surface area contributed by atoms with E-state index in [9.17, 15) is 0 Å². The van der Waals surface area contributed by atoms with Crippen molar-refractivity contribution >= 4 is 43.1 Å². The smallest absolute Gasteiger partial charge is 0.186 e. The molecule has 0 unspecified atom stereocenters. The van der Waals surface area contributed by atoms with E-state index in [0.717, 1.165) is 26.5 Å². The summed E-state index contributed by atoms with van der Waals surface area (Å²) in [6.45, 7) is 4.19. The number of thiophene rings is 1. The Labute approximate surface area is 123 Å². The van der Waals surface area contributed by atoms with Crippen LogP contribution < -0.4 is 0 Å². The van der Waals surface area contributed by atoms with E-state index < -0.39 is 0 Å². The Morgan fingerprint density at radius 1 is 1.19 bits per heavy atom. The largest absolute Gasteiger partial charge is 0.310 e. The van der Waals surface area contributed by atoms with E-state index >= 15 is 0 Å². The maximum Gasteiger partial charge on any atom is 0.186 e. The summed E-state index contributed by atoms with van der Waals surface area (Å²) in [5.74, 6) is 0. The van der Waals surface area contributed by atoms with E-state index in [1.165, 1.54) is 16.5 Å². The van der Waals surface area contributed by atoms with Crippen LogP contribution in [0.15, 0.2) is 30.7 Å². The predicted octanol–water partition coefficient (Wildman–Crippen LogP) is 3.36. The highest BCUT2D eigenvalue weighted by atomic mass is 32.1. The van der Waals surface area contributed by atoms with Gasteiger partial charge in [-0.05, 0) is 37.6 Å². The van der Waals surface area contributed by atoms with Crippen LogP contribution in [0.5, 0.6) is 0 Å². The SMILES string of the molecule is Cc1cc(C)c2c(n1)sc1c2n2cccc2c2nncn21. The monoisotopic (exact) mass is 293 g/mol. The summed E-state index contributed by atoms with van der Waals surface area (Å²) < 4.78 is 4.26. The number of aromatic nitrogens is 5. The topological polar surface area (TPSA) is 47.5 Å². The van der Waals surface area contributed by atoms with Crippen LogP contribution in [0.3, 0.4) is 0 Å². The Morgan fingerprint density at radius 3 is 3.00 bits per heavy atom. The van der Waals surface area contributed by atoms with Crippen molar-refractivity contribution in [3.63, 3.8) is 0 Å². The number of fused-ring (bicyclic) bond motifs is 8. The summed E-state index contributed by atoms with van der Waals surface area (Å²) in [7, 11) is 0. The molecular weight excluding hydrogens is 282 g/mol. The van der Waals surface area contributed by atoms with Crippen molar-refractivity contribution in [3.8, 4) is 0 Å². The highest BCUT2D eigenvalue weighted by Gasteiger charge is 2.17. The number of hydrogen-bond donors (Lipinski definition) is 0. The molecule has 0 fully saturated rings. The molecule has 0 N–H and O–H groups in total. The van der Waals surface area contributed by atoms with E-state index in [-0.39, 0.29) is 0 Å². The molecule has 0 atom stereocenters. The molecule has 0 aliphatic rings. The van der Waals surface area contributed by atoms with Crippen LogP contribution in [0.2, 0.25) is 0 Å². The summed E-state index contributed by atoms with van der Waals surface area (Å²) in [5.41, 5.74) is 5.45. The van der Waals surface area contributed by atoms with Gasteiger partial charge in [0, 0.05) is 17.3 Å². The van der Waals surface area contributed by atoms with Crippen LogP contribution in [-0.4, -0.2) is 24.0 Å². The fourth-order valence-corrected chi connectivity index (χ4v) is 4.38. The van der Waals surface area contributed by atoms with Crippen LogP contribution in [0.25, 0.3) is 31.7 Å². The van der Waals surface area contributed by atoms with Crippen molar-refractivity contribution in [2.45, 2.75) is 13.8 Å². The van der Waals surface area contributed by atoms with Crippen LogP contribution in [0, 0.1) is 13.8 Å². The van der Waals surface area contributed by atoms with E-state index in [0.29, 0.717) is 0 Å². The number of aryl methyl sites for hydroxylation is 2. The minimum Gasteiger partial charge on any atom is -0.310 e. The molecule has 0 saturated carbocycles. The number of nitrogens with zero attached hydrogens (tertiary/aromatic N) is 5. The second-order valence-corrected chi connectivity index (χ2v) is 6.28. The van der Waals surface area contributed by atoms with Crippen molar-refractivity contribution in [1.82, 2.24) is 24.0 Å². The number of rotatable bonds is 0. The molecule has 5 aromatic heterocycles. The van der Waals surface area contributed by atoms with E-state index in [1.54, 1.807) is 17.7 Å². The minimum absolute atomic E-state index is 0.883. The fraction of sp³-hybridized carbons (Fsp3) is 0.133. The molecule has 0 aliphatic carbocycles. The van der Waals surface area contributed by atoms with Gasteiger partial charge in [-0.15, -0.1) is 10.2 Å². The first-order valence-corrected chi connectivity index (χ1v) is 7.55. The van der Waals surface area contributed by atoms with Gasteiger partial charge in [-0.3, -0.25) is 4.40 Å². The molecule has 0 radical (unpaired) electrons. The normalized spacial score (nSPS) is 12.3. The molecule has 0 amide bonds. The van der Waals surface area contributed by atoms with Gasteiger partial charge in [-0.1, -0.05) is 11.3 Å². The van der Waals surface area contributed by atoms with Gasteiger partial charge in [0.25, 0.3) is 0 Å². The van der Waals surface area contributed by atoms with E-state index in [4.69, 9.17) is 4.98 Å². The molecule has 5 nitrogen and oxygen atoms in total. The number of pyridine rings is 1. The highest BCUT2D eigenvalue weighted by Crippen LogP contribution is 2.36. The molecule has 21 heavy (non-hydrogen) atoms. The zero-order chi connectivity index (χ0) is 14.1. The molecular formula is C15H11N5S. The molecule has 0 spiro atoms. The van der Waals surface area contributed by atoms with Gasteiger partial charge in [0.1, 0.15) is 16.0 Å².